The number of nitrogens with zero attached hydrogens (tertiary/aromatic N) is 1. The Labute approximate surface area is 212 Å². The third kappa shape index (κ3) is 5.36. The molecule has 1 heterocycles. The fourth-order valence-corrected chi connectivity index (χ4v) is 6.30. The maximum Gasteiger partial charge on any atom is 0.265 e. The van der Waals surface area contributed by atoms with Crippen LogP contribution >= 0.6 is 12.4 Å². The van der Waals surface area contributed by atoms with Crippen molar-refractivity contribution in [1.29, 1.82) is 0 Å². The predicted molar refractivity (Wildman–Crippen MR) is 137 cm³/mol. The number of nitrogens with one attached hydrogen (secondary N) is 1. The number of amides is 1. The molecule has 0 spiro atoms. The summed E-state index contributed by atoms with van der Waals surface area (Å²) in [4.78, 5) is 14.7. The highest BCUT2D eigenvalue weighted by Gasteiger charge is 2.52. The van der Waals surface area contributed by atoms with Gasteiger partial charge in [0.25, 0.3) is 5.91 Å². The van der Waals surface area contributed by atoms with Crippen molar-refractivity contribution in [2.24, 2.45) is 0 Å². The van der Waals surface area contributed by atoms with Gasteiger partial charge >= 0.3 is 0 Å². The molecule has 3 aromatic carbocycles. The predicted octanol–water partition coefficient (Wildman–Crippen LogP) is 4.70. The molecular weight excluding hydrogens is 488 g/mol. The fraction of sp³-hybridized carbons (Fsp3) is 0.269. The number of benzene rings is 3. The van der Waals surface area contributed by atoms with E-state index in [0.717, 1.165) is 23.4 Å². The van der Waals surface area contributed by atoms with E-state index in [0.29, 0.717) is 18.8 Å². The van der Waals surface area contributed by atoms with Crippen LogP contribution in [0.4, 0.5) is 0 Å². The fourth-order valence-electron chi connectivity index (χ4n) is 4.34. The molecule has 1 amide bonds. The first-order chi connectivity index (χ1) is 16.4. The Bertz CT molecular complexity index is 1220. The quantitative estimate of drug-likeness (QED) is 0.349. The van der Waals surface area contributed by atoms with E-state index in [2.05, 4.69) is 4.90 Å². The standard InChI is InChI=1S/C26H28N2O5S.ClH/c1-2-28-18-16-26(17-19-28,25(29)27-30)34(31,32)24-14-10-21(11-15-24)20-8-12-23(13-9-20)33-22-6-4-3-5-7-22;/h3-15,30H,2,16-19H2,1H3,(H,27,29);1H. The number of hydrogen-bond donors (Lipinski definition) is 2. The summed E-state index contributed by atoms with van der Waals surface area (Å²) in [5.74, 6) is 0.571. The van der Waals surface area contributed by atoms with Gasteiger partial charge in [0.05, 0.1) is 4.90 Å². The second-order valence-electron chi connectivity index (χ2n) is 8.34. The number of carbonyl (C=O) groups is 1. The molecule has 35 heavy (non-hydrogen) atoms. The van der Waals surface area contributed by atoms with E-state index in [-0.39, 0.29) is 30.1 Å². The van der Waals surface area contributed by atoms with Gasteiger partial charge in [0.2, 0.25) is 0 Å². The number of piperidine rings is 1. The molecule has 2 N–H and O–H groups in total. The summed E-state index contributed by atoms with van der Waals surface area (Å²) in [6.07, 6.45) is 0.250. The summed E-state index contributed by atoms with van der Waals surface area (Å²) in [7, 11) is -4.03. The summed E-state index contributed by atoms with van der Waals surface area (Å²) >= 11 is 0. The minimum absolute atomic E-state index is 0. The number of para-hydroxylation sites is 1. The molecule has 0 aromatic heterocycles. The van der Waals surface area contributed by atoms with Crippen LogP contribution in [0.1, 0.15) is 19.8 Å². The Kier molecular flexibility index (Phi) is 8.56. The first-order valence-electron chi connectivity index (χ1n) is 11.2. The Hall–Kier alpha value is -2.91. The molecule has 3 aromatic rings. The molecule has 0 radical (unpaired) electrons. The first-order valence-corrected chi connectivity index (χ1v) is 12.7. The minimum Gasteiger partial charge on any atom is -0.457 e. The SMILES string of the molecule is CCN1CCC(C(=O)NO)(S(=O)(=O)c2ccc(-c3ccc(Oc4ccccc4)cc3)cc2)CC1.Cl. The second-order valence-corrected chi connectivity index (χ2v) is 10.6. The number of halogens is 1. The summed E-state index contributed by atoms with van der Waals surface area (Å²) in [5, 5.41) is 9.31. The van der Waals surface area contributed by atoms with E-state index >= 15 is 0 Å². The zero-order valence-electron chi connectivity index (χ0n) is 19.4. The van der Waals surface area contributed by atoms with Gasteiger partial charge in [0, 0.05) is 13.1 Å². The molecule has 1 saturated heterocycles. The Morgan fingerprint density at radius 3 is 1.94 bits per heavy atom. The normalized spacial score (nSPS) is 15.6. The lowest BCUT2D eigenvalue weighted by Crippen LogP contribution is -2.57. The van der Waals surface area contributed by atoms with Gasteiger partial charge in [0.15, 0.2) is 14.6 Å². The van der Waals surface area contributed by atoms with E-state index in [4.69, 9.17) is 4.74 Å². The van der Waals surface area contributed by atoms with Crippen molar-refractivity contribution >= 4 is 28.2 Å². The van der Waals surface area contributed by atoms with Crippen LogP contribution in [0.2, 0.25) is 0 Å². The van der Waals surface area contributed by atoms with Gasteiger partial charge in [-0.25, -0.2) is 13.9 Å². The highest BCUT2D eigenvalue weighted by Crippen LogP contribution is 2.37. The van der Waals surface area contributed by atoms with Crippen LogP contribution in [0, 0.1) is 0 Å². The Morgan fingerprint density at radius 1 is 0.914 bits per heavy atom. The first kappa shape index (κ1) is 26.7. The van der Waals surface area contributed by atoms with Crippen molar-refractivity contribution in [2.45, 2.75) is 29.4 Å². The monoisotopic (exact) mass is 516 g/mol. The number of sulfone groups is 1. The molecule has 0 aliphatic carbocycles. The lowest BCUT2D eigenvalue weighted by molar-refractivity contribution is -0.133. The van der Waals surface area contributed by atoms with E-state index in [1.807, 2.05) is 61.5 Å². The van der Waals surface area contributed by atoms with Crippen LogP contribution < -0.4 is 10.2 Å². The number of carbonyl (C=O) groups excluding carboxylic acids is 1. The highest BCUT2D eigenvalue weighted by molar-refractivity contribution is 7.93. The third-order valence-corrected chi connectivity index (χ3v) is 8.99. The number of hydrogen-bond acceptors (Lipinski definition) is 6. The smallest absolute Gasteiger partial charge is 0.265 e. The molecule has 1 fully saturated rings. The van der Waals surface area contributed by atoms with E-state index in [9.17, 15) is 18.4 Å². The van der Waals surface area contributed by atoms with Crippen molar-refractivity contribution in [2.75, 3.05) is 19.6 Å². The molecule has 4 rings (SSSR count). The van der Waals surface area contributed by atoms with Crippen LogP contribution in [-0.4, -0.2) is 48.8 Å². The van der Waals surface area contributed by atoms with E-state index < -0.39 is 20.5 Å². The Morgan fingerprint density at radius 2 is 1.43 bits per heavy atom. The molecule has 0 unspecified atom stereocenters. The average Bonchev–Trinajstić information content (AvgIpc) is 2.89. The molecule has 0 atom stereocenters. The van der Waals surface area contributed by atoms with Crippen molar-refractivity contribution in [1.82, 2.24) is 10.4 Å². The van der Waals surface area contributed by atoms with Crippen LogP contribution in [0.3, 0.4) is 0 Å². The molecule has 0 bridgehead atoms. The third-order valence-electron chi connectivity index (χ3n) is 6.47. The molecule has 7 nitrogen and oxygen atoms in total. The molecule has 0 saturated carbocycles. The van der Waals surface area contributed by atoms with Gasteiger partial charge in [0.1, 0.15) is 11.5 Å². The Balaban J connectivity index is 0.00000342. The van der Waals surface area contributed by atoms with Gasteiger partial charge in [-0.1, -0.05) is 49.4 Å². The highest BCUT2D eigenvalue weighted by atomic mass is 35.5. The second kappa shape index (κ2) is 11.2. The van der Waals surface area contributed by atoms with Gasteiger partial charge in [-0.15, -0.1) is 12.4 Å². The number of likely N-dealkylation sites (tertiary alicyclic amines) is 1. The number of ether oxygens (including phenoxy) is 1. The van der Waals surface area contributed by atoms with Crippen molar-refractivity contribution in [3.63, 3.8) is 0 Å². The van der Waals surface area contributed by atoms with Crippen LogP contribution in [-0.2, 0) is 14.6 Å². The zero-order chi connectivity index (χ0) is 24.2. The maximum atomic E-state index is 13.6. The zero-order valence-corrected chi connectivity index (χ0v) is 21.0. The summed E-state index contributed by atoms with van der Waals surface area (Å²) < 4.78 is 31.3. The van der Waals surface area contributed by atoms with Crippen molar-refractivity contribution < 1.29 is 23.2 Å². The summed E-state index contributed by atoms with van der Waals surface area (Å²) in [6, 6.07) is 23.5. The molecule has 1 aliphatic heterocycles. The van der Waals surface area contributed by atoms with Crippen molar-refractivity contribution in [3.05, 3.63) is 78.9 Å². The lowest BCUT2D eigenvalue weighted by Gasteiger charge is -2.39. The van der Waals surface area contributed by atoms with Gasteiger partial charge in [-0.05, 0) is 66.9 Å². The topological polar surface area (TPSA) is 95.9 Å². The molecular formula is C26H29ClN2O5S. The van der Waals surface area contributed by atoms with Crippen LogP contribution in [0.5, 0.6) is 11.5 Å². The van der Waals surface area contributed by atoms with Gasteiger partial charge < -0.3 is 9.64 Å². The minimum atomic E-state index is -4.03. The van der Waals surface area contributed by atoms with E-state index in [1.54, 1.807) is 17.6 Å². The molecule has 9 heteroatoms. The molecule has 1 aliphatic rings. The summed E-state index contributed by atoms with van der Waals surface area (Å²) in [5.41, 5.74) is 3.34. The number of hydroxylamine groups is 1. The van der Waals surface area contributed by atoms with Gasteiger partial charge in [-0.2, -0.15) is 0 Å². The summed E-state index contributed by atoms with van der Waals surface area (Å²) in [6.45, 7) is 3.71. The maximum absolute atomic E-state index is 13.6. The van der Waals surface area contributed by atoms with Crippen molar-refractivity contribution in [3.8, 4) is 22.6 Å². The number of rotatable bonds is 7. The van der Waals surface area contributed by atoms with Gasteiger partial charge in [-0.3, -0.25) is 10.0 Å². The van der Waals surface area contributed by atoms with Crippen LogP contribution in [0.25, 0.3) is 11.1 Å². The largest absolute Gasteiger partial charge is 0.457 e. The lowest BCUT2D eigenvalue weighted by atomic mass is 9.95. The molecule has 186 valence electrons. The van der Waals surface area contributed by atoms with Crippen LogP contribution in [0.15, 0.2) is 83.8 Å². The average molecular weight is 517 g/mol. The van der Waals surface area contributed by atoms with E-state index in [1.165, 1.54) is 12.1 Å².